The average Bonchev–Trinajstić information content (AvgIpc) is 2.31. The van der Waals surface area contributed by atoms with E-state index in [1.165, 1.54) is 11.1 Å². The molecule has 6 nitrogen and oxygen atoms in total. The fraction of sp³-hybridized carbons (Fsp3) is 0.455. The first kappa shape index (κ1) is 13.6. The van der Waals surface area contributed by atoms with Gasteiger partial charge >= 0.3 is 5.97 Å². The van der Waals surface area contributed by atoms with Crippen LogP contribution in [-0.2, 0) is 4.79 Å². The number of carboxylic acids is 1. The van der Waals surface area contributed by atoms with Crippen molar-refractivity contribution < 1.29 is 20.1 Å². The van der Waals surface area contributed by atoms with Crippen molar-refractivity contribution in [1.82, 2.24) is 9.88 Å². The van der Waals surface area contributed by atoms with Crippen LogP contribution in [0.2, 0.25) is 0 Å². The summed E-state index contributed by atoms with van der Waals surface area (Å²) in [6.07, 6.45) is 3.03. The van der Waals surface area contributed by atoms with Crippen LogP contribution in [0, 0.1) is 0 Å². The summed E-state index contributed by atoms with van der Waals surface area (Å²) in [5.41, 5.74) is 0.530. The Kier molecular flexibility index (Phi) is 5.55. The Morgan fingerprint density at radius 3 is 2.41 bits per heavy atom. The van der Waals surface area contributed by atoms with Crippen molar-refractivity contribution in [1.29, 1.82) is 0 Å². The lowest BCUT2D eigenvalue weighted by molar-refractivity contribution is -0.144. The molecule has 1 aromatic rings. The molecule has 0 spiro atoms. The molecule has 0 fully saturated rings. The summed E-state index contributed by atoms with van der Waals surface area (Å²) in [5, 5.41) is 27.0. The summed E-state index contributed by atoms with van der Waals surface area (Å²) in [5.74, 6) is -1.03. The highest BCUT2D eigenvalue weighted by Crippen LogP contribution is 2.19. The Bertz CT molecular complexity index is 339. The summed E-state index contributed by atoms with van der Waals surface area (Å²) in [4.78, 5) is 16.6. The molecule has 0 aliphatic rings. The number of nitrogens with zero attached hydrogens (tertiary/aromatic N) is 2. The van der Waals surface area contributed by atoms with Gasteiger partial charge in [-0.1, -0.05) is 6.07 Å². The molecule has 1 rings (SSSR count). The highest BCUT2D eigenvalue weighted by Gasteiger charge is 2.26. The van der Waals surface area contributed by atoms with E-state index in [0.29, 0.717) is 5.56 Å². The number of carboxylic acid groups (broad SMARTS) is 1. The summed E-state index contributed by atoms with van der Waals surface area (Å²) in [7, 11) is 0. The number of hydrogen-bond acceptors (Lipinski definition) is 5. The predicted octanol–water partition coefficient (Wildman–Crippen LogP) is -0.506. The van der Waals surface area contributed by atoms with Crippen molar-refractivity contribution in [3.63, 3.8) is 0 Å². The van der Waals surface area contributed by atoms with Crippen LogP contribution >= 0.6 is 0 Å². The minimum absolute atomic E-state index is 0.163. The maximum Gasteiger partial charge on any atom is 0.325 e. The molecule has 6 heteroatoms. The molecule has 0 radical (unpaired) electrons. The van der Waals surface area contributed by atoms with Gasteiger partial charge in [0.2, 0.25) is 0 Å². The number of hydrogen-bond donors (Lipinski definition) is 3. The Labute approximate surface area is 99.1 Å². The van der Waals surface area contributed by atoms with Gasteiger partial charge in [0.25, 0.3) is 0 Å². The van der Waals surface area contributed by atoms with E-state index in [-0.39, 0.29) is 26.3 Å². The predicted molar refractivity (Wildman–Crippen MR) is 60.4 cm³/mol. The van der Waals surface area contributed by atoms with E-state index >= 15 is 0 Å². The number of aliphatic hydroxyl groups excluding tert-OH is 2. The molecule has 0 aliphatic heterocycles. The fourth-order valence-corrected chi connectivity index (χ4v) is 1.67. The smallest absolute Gasteiger partial charge is 0.325 e. The van der Waals surface area contributed by atoms with Crippen molar-refractivity contribution in [3.05, 3.63) is 30.1 Å². The first-order valence-electron chi connectivity index (χ1n) is 5.29. The quantitative estimate of drug-likeness (QED) is 0.594. The van der Waals surface area contributed by atoms with E-state index in [4.69, 9.17) is 10.2 Å². The minimum atomic E-state index is -1.03. The molecule has 0 aromatic carbocycles. The average molecular weight is 240 g/mol. The van der Waals surface area contributed by atoms with Crippen LogP contribution in [0.1, 0.15) is 11.6 Å². The van der Waals surface area contributed by atoms with Crippen LogP contribution < -0.4 is 0 Å². The van der Waals surface area contributed by atoms with Crippen molar-refractivity contribution >= 4 is 5.97 Å². The first-order valence-corrected chi connectivity index (χ1v) is 5.29. The third-order valence-electron chi connectivity index (χ3n) is 2.37. The summed E-state index contributed by atoms with van der Waals surface area (Å²) in [6.45, 7) is 0.0485. The van der Waals surface area contributed by atoms with Crippen molar-refractivity contribution in [2.24, 2.45) is 0 Å². The second-order valence-electron chi connectivity index (χ2n) is 3.51. The standard InChI is InChI=1S/C11H16N2O4/c14-6-4-13(5-7-15)10(11(16)17)9-2-1-3-12-8-9/h1-3,8,10,14-15H,4-7H2,(H,16,17). The van der Waals surface area contributed by atoms with E-state index in [1.807, 2.05) is 0 Å². The number of carbonyl (C=O) groups is 1. The zero-order chi connectivity index (χ0) is 12.7. The molecule has 94 valence electrons. The third kappa shape index (κ3) is 3.77. The highest BCUT2D eigenvalue weighted by molar-refractivity contribution is 5.75. The van der Waals surface area contributed by atoms with Crippen molar-refractivity contribution in [2.75, 3.05) is 26.3 Å². The summed E-state index contributed by atoms with van der Waals surface area (Å²) < 4.78 is 0. The van der Waals surface area contributed by atoms with E-state index in [2.05, 4.69) is 4.98 Å². The Morgan fingerprint density at radius 2 is 2.00 bits per heavy atom. The monoisotopic (exact) mass is 240 g/mol. The van der Waals surface area contributed by atoms with Crippen LogP contribution in [0.15, 0.2) is 24.5 Å². The second-order valence-corrected chi connectivity index (χ2v) is 3.51. The zero-order valence-electron chi connectivity index (χ0n) is 9.36. The summed E-state index contributed by atoms with van der Waals surface area (Å²) in [6, 6.07) is 2.41. The lowest BCUT2D eigenvalue weighted by atomic mass is 10.1. The molecule has 0 amide bonds. The van der Waals surface area contributed by atoms with E-state index in [0.717, 1.165) is 0 Å². The van der Waals surface area contributed by atoms with Crippen molar-refractivity contribution in [3.8, 4) is 0 Å². The van der Waals surface area contributed by atoms with Gasteiger partial charge in [0.05, 0.1) is 13.2 Å². The molecule has 0 saturated carbocycles. The largest absolute Gasteiger partial charge is 0.480 e. The van der Waals surface area contributed by atoms with E-state index < -0.39 is 12.0 Å². The molecule has 17 heavy (non-hydrogen) atoms. The van der Waals surface area contributed by atoms with Gasteiger partial charge in [0.15, 0.2) is 0 Å². The zero-order valence-corrected chi connectivity index (χ0v) is 9.36. The SMILES string of the molecule is O=C(O)C(c1cccnc1)N(CCO)CCO. The lowest BCUT2D eigenvalue weighted by Gasteiger charge is -2.27. The fourth-order valence-electron chi connectivity index (χ4n) is 1.67. The topological polar surface area (TPSA) is 93.9 Å². The van der Waals surface area contributed by atoms with Crippen LogP contribution in [0.25, 0.3) is 0 Å². The maximum atomic E-state index is 11.3. The molecule has 1 atom stereocenters. The lowest BCUT2D eigenvalue weighted by Crippen LogP contribution is -2.38. The maximum absolute atomic E-state index is 11.3. The van der Waals surface area contributed by atoms with Crippen LogP contribution in [0.3, 0.4) is 0 Å². The molecule has 3 N–H and O–H groups in total. The first-order chi connectivity index (χ1) is 8.20. The Morgan fingerprint density at radius 1 is 1.35 bits per heavy atom. The summed E-state index contributed by atoms with van der Waals surface area (Å²) >= 11 is 0. The number of rotatable bonds is 7. The van der Waals surface area contributed by atoms with Gasteiger partial charge in [-0.15, -0.1) is 0 Å². The van der Waals surface area contributed by atoms with Crippen LogP contribution in [-0.4, -0.2) is 57.5 Å². The van der Waals surface area contributed by atoms with Gasteiger partial charge in [0, 0.05) is 25.5 Å². The second kappa shape index (κ2) is 6.95. The number of pyridine rings is 1. The normalized spacial score (nSPS) is 12.6. The molecule has 0 bridgehead atoms. The number of aromatic nitrogens is 1. The van der Waals surface area contributed by atoms with Gasteiger partial charge in [-0.2, -0.15) is 0 Å². The van der Waals surface area contributed by atoms with Crippen LogP contribution in [0.4, 0.5) is 0 Å². The minimum Gasteiger partial charge on any atom is -0.480 e. The Balaban J connectivity index is 2.94. The molecule has 0 saturated heterocycles. The van der Waals surface area contributed by atoms with Gasteiger partial charge in [-0.25, -0.2) is 0 Å². The van der Waals surface area contributed by atoms with Gasteiger partial charge in [-0.05, 0) is 11.6 Å². The molecular formula is C11H16N2O4. The molecule has 1 heterocycles. The van der Waals surface area contributed by atoms with E-state index in [1.54, 1.807) is 18.3 Å². The molecule has 1 unspecified atom stereocenters. The van der Waals surface area contributed by atoms with Crippen LogP contribution in [0.5, 0.6) is 0 Å². The Hall–Kier alpha value is -1.50. The number of aliphatic carboxylic acids is 1. The van der Waals surface area contributed by atoms with Crippen molar-refractivity contribution in [2.45, 2.75) is 6.04 Å². The van der Waals surface area contributed by atoms with E-state index in [9.17, 15) is 9.90 Å². The van der Waals surface area contributed by atoms with Gasteiger partial charge in [-0.3, -0.25) is 14.7 Å². The van der Waals surface area contributed by atoms with Gasteiger partial charge in [0.1, 0.15) is 6.04 Å². The number of aliphatic hydroxyl groups is 2. The molecular weight excluding hydrogens is 224 g/mol. The molecule has 1 aromatic heterocycles. The molecule has 0 aliphatic carbocycles. The highest BCUT2D eigenvalue weighted by atomic mass is 16.4. The van der Waals surface area contributed by atoms with Gasteiger partial charge < -0.3 is 15.3 Å². The third-order valence-corrected chi connectivity index (χ3v) is 2.37.